The molecule has 0 N–H and O–H groups in total. The lowest BCUT2D eigenvalue weighted by Crippen LogP contribution is -2.00. The number of halogens is 1. The summed E-state index contributed by atoms with van der Waals surface area (Å²) in [5.41, 5.74) is -0.175. The van der Waals surface area contributed by atoms with Crippen LogP contribution in [0.15, 0.2) is 40.2 Å². The first-order valence-electron chi connectivity index (χ1n) is 6.06. The minimum atomic E-state index is -0.543. The van der Waals surface area contributed by atoms with Gasteiger partial charge in [0.15, 0.2) is 12.4 Å². The highest BCUT2D eigenvalue weighted by Crippen LogP contribution is 2.30. The first kappa shape index (κ1) is 14.5. The maximum atomic E-state index is 10.9. The molecule has 0 aliphatic heterocycles. The molecule has 0 fully saturated rings. The molecule has 1 aromatic carbocycles. The zero-order valence-corrected chi connectivity index (χ0v) is 12.5. The molecule has 0 aliphatic rings. The maximum Gasteiger partial charge on any atom is 0.311 e. The quantitative estimate of drug-likeness (QED) is 0.517. The molecule has 22 heavy (non-hydrogen) atoms. The molecule has 0 radical (unpaired) electrons. The monoisotopic (exact) mass is 337 g/mol. The van der Waals surface area contributed by atoms with Gasteiger partial charge in [-0.3, -0.25) is 10.1 Å². The number of hydrogen-bond donors (Lipinski definition) is 0. The molecule has 0 saturated heterocycles. The second-order valence-electron chi connectivity index (χ2n) is 4.15. The number of ether oxygens (including phenoxy) is 1. The summed E-state index contributed by atoms with van der Waals surface area (Å²) in [6.45, 7) is -0.0595. The number of nitro groups is 1. The van der Waals surface area contributed by atoms with E-state index in [4.69, 9.17) is 20.9 Å². The Hall–Kier alpha value is -2.45. The zero-order chi connectivity index (χ0) is 15.5. The number of aromatic nitrogens is 2. The lowest BCUT2D eigenvalue weighted by Gasteiger charge is -2.04. The molecule has 0 bridgehead atoms. The number of benzene rings is 1. The summed E-state index contributed by atoms with van der Waals surface area (Å²) in [5, 5.41) is 16.9. The molecule has 3 aromatic rings. The van der Waals surface area contributed by atoms with Gasteiger partial charge in [-0.1, -0.05) is 22.8 Å². The normalized spacial score (nSPS) is 10.6. The first-order chi connectivity index (χ1) is 10.6. The Balaban J connectivity index is 1.76. The van der Waals surface area contributed by atoms with E-state index in [1.54, 1.807) is 0 Å². The van der Waals surface area contributed by atoms with E-state index in [1.807, 2.05) is 17.5 Å². The van der Waals surface area contributed by atoms with E-state index in [1.165, 1.54) is 29.5 Å². The van der Waals surface area contributed by atoms with Gasteiger partial charge in [-0.05, 0) is 17.5 Å². The summed E-state index contributed by atoms with van der Waals surface area (Å²) in [7, 11) is 0. The number of hydrogen-bond acceptors (Lipinski definition) is 7. The molecule has 2 aromatic heterocycles. The average Bonchev–Trinajstić information content (AvgIpc) is 3.16. The van der Waals surface area contributed by atoms with E-state index in [-0.39, 0.29) is 23.9 Å². The number of nitrogens with zero attached hydrogens (tertiary/aromatic N) is 3. The summed E-state index contributed by atoms with van der Waals surface area (Å²) in [6.07, 6.45) is 0. The predicted molar refractivity (Wildman–Crippen MR) is 80.0 cm³/mol. The maximum absolute atomic E-state index is 10.9. The van der Waals surface area contributed by atoms with Gasteiger partial charge in [-0.2, -0.15) is 4.98 Å². The summed E-state index contributed by atoms with van der Waals surface area (Å²) in [5.74, 6) is 0.729. The van der Waals surface area contributed by atoms with Crippen molar-refractivity contribution in [1.29, 1.82) is 0 Å². The highest BCUT2D eigenvalue weighted by atomic mass is 35.5. The fourth-order valence-electron chi connectivity index (χ4n) is 1.71. The largest absolute Gasteiger partial charge is 0.478 e. The van der Waals surface area contributed by atoms with E-state index in [0.717, 1.165) is 4.88 Å². The minimum absolute atomic E-state index is 0.0555. The zero-order valence-electron chi connectivity index (χ0n) is 10.9. The lowest BCUT2D eigenvalue weighted by molar-refractivity contribution is -0.385. The second kappa shape index (κ2) is 6.12. The van der Waals surface area contributed by atoms with Crippen LogP contribution < -0.4 is 4.74 Å². The lowest BCUT2D eigenvalue weighted by atomic mass is 10.3. The van der Waals surface area contributed by atoms with Crippen molar-refractivity contribution < 1.29 is 14.2 Å². The summed E-state index contributed by atoms with van der Waals surface area (Å²) in [6, 6.07) is 7.81. The molecule has 3 rings (SSSR count). The van der Waals surface area contributed by atoms with Gasteiger partial charge >= 0.3 is 5.69 Å². The predicted octanol–water partition coefficient (Wildman–Crippen LogP) is 3.94. The molecular weight excluding hydrogens is 330 g/mol. The Morgan fingerprint density at radius 2 is 2.27 bits per heavy atom. The van der Waals surface area contributed by atoms with Crippen LogP contribution in [0.4, 0.5) is 5.69 Å². The van der Waals surface area contributed by atoms with Crippen LogP contribution in [0.3, 0.4) is 0 Å². The van der Waals surface area contributed by atoms with E-state index >= 15 is 0 Å². The molecule has 0 unspecified atom stereocenters. The van der Waals surface area contributed by atoms with E-state index < -0.39 is 4.92 Å². The van der Waals surface area contributed by atoms with Crippen LogP contribution in [0.2, 0.25) is 5.02 Å². The average molecular weight is 338 g/mol. The molecular formula is C13H8ClN3O4S. The third kappa shape index (κ3) is 3.07. The SMILES string of the molecule is O=[N+]([O-])c1ccc(Cl)cc1OCc1noc(-c2cccs2)n1. The van der Waals surface area contributed by atoms with Gasteiger partial charge in [0, 0.05) is 17.2 Å². The van der Waals surface area contributed by atoms with Gasteiger partial charge in [0.25, 0.3) is 5.89 Å². The molecule has 9 heteroatoms. The standard InChI is InChI=1S/C13H8ClN3O4S/c14-8-3-4-9(17(18)19)10(6-8)20-7-12-15-13(21-16-12)11-2-1-5-22-11/h1-6H,7H2. The fourth-order valence-corrected chi connectivity index (χ4v) is 2.52. The van der Waals surface area contributed by atoms with Crippen molar-refractivity contribution in [2.45, 2.75) is 6.61 Å². The first-order valence-corrected chi connectivity index (χ1v) is 7.32. The fraction of sp³-hybridized carbons (Fsp3) is 0.0769. The number of nitro benzene ring substituents is 1. The molecule has 0 amide bonds. The Morgan fingerprint density at radius 1 is 1.41 bits per heavy atom. The van der Waals surface area contributed by atoms with Crippen LogP contribution in [-0.4, -0.2) is 15.1 Å². The van der Waals surface area contributed by atoms with Crippen molar-refractivity contribution in [1.82, 2.24) is 10.1 Å². The summed E-state index contributed by atoms with van der Waals surface area (Å²) >= 11 is 7.29. The second-order valence-corrected chi connectivity index (χ2v) is 5.54. The third-order valence-electron chi connectivity index (χ3n) is 2.68. The van der Waals surface area contributed by atoms with Gasteiger partial charge in [0.05, 0.1) is 9.80 Å². The molecule has 7 nitrogen and oxygen atoms in total. The van der Waals surface area contributed by atoms with Crippen LogP contribution in [0.1, 0.15) is 5.82 Å². The molecule has 2 heterocycles. The topological polar surface area (TPSA) is 91.3 Å². The molecule has 112 valence electrons. The minimum Gasteiger partial charge on any atom is -0.478 e. The molecule has 0 aliphatic carbocycles. The van der Waals surface area contributed by atoms with Gasteiger partial charge in [0.2, 0.25) is 5.82 Å². The van der Waals surface area contributed by atoms with Crippen molar-refractivity contribution in [3.8, 4) is 16.5 Å². The van der Waals surface area contributed by atoms with Crippen LogP contribution in [0, 0.1) is 10.1 Å². The van der Waals surface area contributed by atoms with Gasteiger partial charge in [-0.15, -0.1) is 11.3 Å². The summed E-state index contributed by atoms with van der Waals surface area (Å²) < 4.78 is 10.5. The van der Waals surface area contributed by atoms with Crippen LogP contribution >= 0.6 is 22.9 Å². The number of rotatable bonds is 5. The summed E-state index contributed by atoms with van der Waals surface area (Å²) in [4.78, 5) is 15.4. The van der Waals surface area contributed by atoms with Gasteiger partial charge in [-0.25, -0.2) is 0 Å². The van der Waals surface area contributed by atoms with Crippen LogP contribution in [0.25, 0.3) is 10.8 Å². The highest BCUT2D eigenvalue weighted by Gasteiger charge is 2.17. The molecule has 0 atom stereocenters. The smallest absolute Gasteiger partial charge is 0.311 e. The van der Waals surface area contributed by atoms with Gasteiger partial charge in [0.1, 0.15) is 0 Å². The van der Waals surface area contributed by atoms with E-state index in [9.17, 15) is 10.1 Å². The van der Waals surface area contributed by atoms with Gasteiger partial charge < -0.3 is 9.26 Å². The van der Waals surface area contributed by atoms with Crippen LogP contribution in [-0.2, 0) is 6.61 Å². The third-order valence-corrected chi connectivity index (χ3v) is 3.77. The molecule has 0 saturated carbocycles. The van der Waals surface area contributed by atoms with Crippen molar-refractivity contribution in [2.75, 3.05) is 0 Å². The van der Waals surface area contributed by atoms with E-state index in [0.29, 0.717) is 10.9 Å². The highest BCUT2D eigenvalue weighted by molar-refractivity contribution is 7.13. The molecule has 0 spiro atoms. The van der Waals surface area contributed by atoms with E-state index in [2.05, 4.69) is 10.1 Å². The van der Waals surface area contributed by atoms with Crippen LogP contribution in [0.5, 0.6) is 5.75 Å². The Kier molecular flexibility index (Phi) is 4.03. The van der Waals surface area contributed by atoms with Crippen molar-refractivity contribution in [3.05, 3.63) is 56.7 Å². The van der Waals surface area contributed by atoms with Crippen molar-refractivity contribution in [3.63, 3.8) is 0 Å². The van der Waals surface area contributed by atoms with Crippen molar-refractivity contribution >= 4 is 28.6 Å². The Morgan fingerprint density at radius 3 is 3.00 bits per heavy atom. The Labute approximate surface area is 133 Å². The Bertz CT molecular complexity index is 803. The number of thiophene rings is 1. The van der Waals surface area contributed by atoms with Crippen molar-refractivity contribution in [2.24, 2.45) is 0 Å².